The Labute approximate surface area is 143 Å². The highest BCUT2D eigenvalue weighted by molar-refractivity contribution is 6.30. The molecule has 1 spiro atoms. The van der Waals surface area contributed by atoms with Gasteiger partial charge >= 0.3 is 0 Å². The summed E-state index contributed by atoms with van der Waals surface area (Å²) in [6.45, 7) is 0. The molecule has 6 heteroatoms. The van der Waals surface area contributed by atoms with Gasteiger partial charge in [-0.05, 0) is 43.2 Å². The zero-order valence-electron chi connectivity index (χ0n) is 12.8. The van der Waals surface area contributed by atoms with Gasteiger partial charge in [0.2, 0.25) is 0 Å². The Morgan fingerprint density at radius 1 is 1.08 bits per heavy atom. The van der Waals surface area contributed by atoms with E-state index in [4.69, 9.17) is 21.1 Å². The number of hydrogen-bond donors (Lipinski definition) is 1. The number of nitrogens with one attached hydrogen (secondary N) is 1. The first-order chi connectivity index (χ1) is 11.5. The molecule has 0 radical (unpaired) electrons. The van der Waals surface area contributed by atoms with Crippen molar-refractivity contribution in [1.29, 1.82) is 0 Å². The third kappa shape index (κ3) is 2.69. The van der Waals surface area contributed by atoms with Crippen molar-refractivity contribution in [2.75, 3.05) is 5.32 Å². The molecule has 2 aromatic rings. The van der Waals surface area contributed by atoms with Crippen molar-refractivity contribution >= 4 is 23.2 Å². The Kier molecular flexibility index (Phi) is 3.61. The van der Waals surface area contributed by atoms with E-state index in [1.54, 1.807) is 18.2 Å². The lowest BCUT2D eigenvalue weighted by Crippen LogP contribution is -2.34. The van der Waals surface area contributed by atoms with Crippen molar-refractivity contribution in [2.45, 2.75) is 31.5 Å². The number of carbonyl (C=O) groups excluding carboxylic acids is 1. The molecule has 0 atom stereocenters. The molecular formula is C18H15ClFNO3. The quantitative estimate of drug-likeness (QED) is 0.851. The van der Waals surface area contributed by atoms with Crippen LogP contribution in [0, 0.1) is 5.82 Å². The molecule has 1 aliphatic heterocycles. The second kappa shape index (κ2) is 5.67. The number of amides is 1. The molecule has 4 nitrogen and oxygen atoms in total. The first kappa shape index (κ1) is 15.3. The van der Waals surface area contributed by atoms with E-state index >= 15 is 0 Å². The van der Waals surface area contributed by atoms with Gasteiger partial charge < -0.3 is 14.8 Å². The van der Waals surface area contributed by atoms with Crippen LogP contribution in [0.1, 0.15) is 36.0 Å². The highest BCUT2D eigenvalue weighted by Crippen LogP contribution is 2.47. The molecule has 0 unspecified atom stereocenters. The predicted octanol–water partition coefficient (Wildman–Crippen LogP) is 4.77. The Morgan fingerprint density at radius 2 is 1.83 bits per heavy atom. The van der Waals surface area contributed by atoms with E-state index < -0.39 is 17.5 Å². The van der Waals surface area contributed by atoms with Gasteiger partial charge in [0.1, 0.15) is 5.82 Å². The van der Waals surface area contributed by atoms with Gasteiger partial charge in [-0.15, -0.1) is 0 Å². The van der Waals surface area contributed by atoms with Crippen LogP contribution in [-0.4, -0.2) is 11.7 Å². The Hall–Kier alpha value is -2.27. The lowest BCUT2D eigenvalue weighted by Gasteiger charge is -2.21. The fourth-order valence-corrected chi connectivity index (χ4v) is 3.32. The highest BCUT2D eigenvalue weighted by atomic mass is 35.5. The minimum absolute atomic E-state index is 0.0654. The van der Waals surface area contributed by atoms with E-state index in [9.17, 15) is 9.18 Å². The molecule has 2 aliphatic rings. The fraction of sp³-hybridized carbons (Fsp3) is 0.278. The highest BCUT2D eigenvalue weighted by Gasteiger charge is 2.44. The summed E-state index contributed by atoms with van der Waals surface area (Å²) in [6, 6.07) is 9.11. The van der Waals surface area contributed by atoms with Gasteiger partial charge in [-0.25, -0.2) is 4.39 Å². The van der Waals surface area contributed by atoms with Gasteiger partial charge in [0.15, 0.2) is 11.5 Å². The number of anilines is 1. The standard InChI is InChI=1S/C18H15ClFNO3/c19-11-3-5-13(14(20)9-11)17(22)21-12-4-6-15-16(10-12)24-18(23-15)7-1-2-8-18/h3-6,9-10H,1-2,7-8H2,(H,21,22). The largest absolute Gasteiger partial charge is 0.448 e. The number of carbonyl (C=O) groups is 1. The molecule has 124 valence electrons. The van der Waals surface area contributed by atoms with Crippen molar-refractivity contribution in [1.82, 2.24) is 0 Å². The molecule has 0 aromatic heterocycles. The van der Waals surface area contributed by atoms with Crippen LogP contribution in [0.15, 0.2) is 36.4 Å². The van der Waals surface area contributed by atoms with Gasteiger partial charge in [0.05, 0.1) is 5.56 Å². The van der Waals surface area contributed by atoms with Crippen molar-refractivity contribution in [2.24, 2.45) is 0 Å². The Morgan fingerprint density at radius 3 is 2.58 bits per heavy atom. The molecule has 1 saturated carbocycles. The summed E-state index contributed by atoms with van der Waals surface area (Å²) < 4.78 is 25.7. The van der Waals surface area contributed by atoms with Crippen molar-refractivity contribution < 1.29 is 18.7 Å². The summed E-state index contributed by atoms with van der Waals surface area (Å²) in [7, 11) is 0. The SMILES string of the molecule is O=C(Nc1ccc2c(c1)OC1(CCCC1)O2)c1ccc(Cl)cc1F. The monoisotopic (exact) mass is 347 g/mol. The van der Waals surface area contributed by atoms with Crippen LogP contribution >= 0.6 is 11.6 Å². The third-order valence-corrected chi connectivity index (χ3v) is 4.57. The Balaban J connectivity index is 1.53. The van der Waals surface area contributed by atoms with E-state index in [-0.39, 0.29) is 10.6 Å². The predicted molar refractivity (Wildman–Crippen MR) is 88.3 cm³/mol. The summed E-state index contributed by atoms with van der Waals surface area (Å²) >= 11 is 5.70. The normalized spacial score (nSPS) is 17.2. The molecule has 1 amide bonds. The first-order valence-corrected chi connectivity index (χ1v) is 8.21. The third-order valence-electron chi connectivity index (χ3n) is 4.33. The Bertz CT molecular complexity index is 818. The minimum Gasteiger partial charge on any atom is -0.448 e. The number of rotatable bonds is 2. The number of halogens is 2. The lowest BCUT2D eigenvalue weighted by atomic mass is 10.2. The summed E-state index contributed by atoms with van der Waals surface area (Å²) in [5.41, 5.74) is 0.455. The average molecular weight is 348 g/mol. The first-order valence-electron chi connectivity index (χ1n) is 7.83. The molecule has 4 rings (SSSR count). The average Bonchev–Trinajstić information content (AvgIpc) is 3.13. The summed E-state index contributed by atoms with van der Waals surface area (Å²) in [5.74, 6) is -0.476. The molecule has 1 fully saturated rings. The summed E-state index contributed by atoms with van der Waals surface area (Å²) in [5, 5.41) is 2.91. The number of ether oxygens (including phenoxy) is 2. The van der Waals surface area contributed by atoms with Gasteiger partial charge in [0, 0.05) is 29.6 Å². The maximum atomic E-state index is 13.8. The van der Waals surface area contributed by atoms with Crippen molar-refractivity contribution in [3.8, 4) is 11.5 Å². The maximum Gasteiger partial charge on any atom is 0.258 e. The second-order valence-electron chi connectivity index (χ2n) is 6.06. The molecule has 0 bridgehead atoms. The van der Waals surface area contributed by atoms with Crippen molar-refractivity contribution in [3.63, 3.8) is 0 Å². The van der Waals surface area contributed by atoms with Crippen LogP contribution in [0.2, 0.25) is 5.02 Å². The summed E-state index contributed by atoms with van der Waals surface area (Å²) in [4.78, 5) is 12.2. The molecule has 24 heavy (non-hydrogen) atoms. The summed E-state index contributed by atoms with van der Waals surface area (Å²) in [6.07, 6.45) is 3.87. The fourth-order valence-electron chi connectivity index (χ4n) is 3.16. The topological polar surface area (TPSA) is 47.6 Å². The molecule has 1 aliphatic carbocycles. The number of benzene rings is 2. The van der Waals surface area contributed by atoms with E-state index in [1.165, 1.54) is 12.1 Å². The zero-order chi connectivity index (χ0) is 16.7. The smallest absolute Gasteiger partial charge is 0.258 e. The van der Waals surface area contributed by atoms with Crippen LogP contribution in [0.5, 0.6) is 11.5 Å². The van der Waals surface area contributed by atoms with E-state index in [1.807, 2.05) is 0 Å². The molecule has 2 aromatic carbocycles. The number of fused-ring (bicyclic) bond motifs is 1. The van der Waals surface area contributed by atoms with Crippen LogP contribution in [0.4, 0.5) is 10.1 Å². The molecule has 1 N–H and O–H groups in total. The van der Waals surface area contributed by atoms with E-state index in [0.29, 0.717) is 17.2 Å². The second-order valence-corrected chi connectivity index (χ2v) is 6.50. The van der Waals surface area contributed by atoms with Crippen LogP contribution < -0.4 is 14.8 Å². The van der Waals surface area contributed by atoms with Gasteiger partial charge in [0.25, 0.3) is 11.7 Å². The van der Waals surface area contributed by atoms with E-state index in [0.717, 1.165) is 31.7 Å². The number of hydrogen-bond acceptors (Lipinski definition) is 3. The van der Waals surface area contributed by atoms with Gasteiger partial charge in [-0.1, -0.05) is 11.6 Å². The van der Waals surface area contributed by atoms with Crippen LogP contribution in [0.25, 0.3) is 0 Å². The van der Waals surface area contributed by atoms with Gasteiger partial charge in [-0.3, -0.25) is 4.79 Å². The lowest BCUT2D eigenvalue weighted by molar-refractivity contribution is -0.0716. The molecular weight excluding hydrogens is 333 g/mol. The minimum atomic E-state index is -0.661. The molecule has 0 saturated heterocycles. The zero-order valence-corrected chi connectivity index (χ0v) is 13.5. The molecule has 1 heterocycles. The van der Waals surface area contributed by atoms with Crippen LogP contribution in [0.3, 0.4) is 0 Å². The van der Waals surface area contributed by atoms with E-state index in [2.05, 4.69) is 5.32 Å². The maximum absolute atomic E-state index is 13.8. The van der Waals surface area contributed by atoms with Crippen molar-refractivity contribution in [3.05, 3.63) is 52.8 Å². The van der Waals surface area contributed by atoms with Gasteiger partial charge in [-0.2, -0.15) is 0 Å². The van der Waals surface area contributed by atoms with Crippen LogP contribution in [-0.2, 0) is 0 Å².